The topological polar surface area (TPSA) is 87.4 Å². The highest BCUT2D eigenvalue weighted by atomic mass is 16.3. The van der Waals surface area contributed by atoms with E-state index in [1.165, 1.54) is 0 Å². The van der Waals surface area contributed by atoms with Crippen LogP contribution in [-0.4, -0.2) is 47.3 Å². The molecular formula is C19H20N6O2. The van der Waals surface area contributed by atoms with Crippen molar-refractivity contribution in [3.05, 3.63) is 66.4 Å². The standard InChI is InChI=1S/C19H20N6O2/c26-19(21-14-15-4-3-13-27-15)16-6-7-18(23-22-16)25-11-9-24(10-12-25)17-5-1-2-8-20-17/h1-8,13H,9-12,14H2,(H,21,26). The van der Waals surface area contributed by atoms with Crippen LogP contribution in [0.15, 0.2) is 59.3 Å². The van der Waals surface area contributed by atoms with Gasteiger partial charge in [-0.15, -0.1) is 10.2 Å². The summed E-state index contributed by atoms with van der Waals surface area (Å²) in [4.78, 5) is 21.0. The summed E-state index contributed by atoms with van der Waals surface area (Å²) in [5, 5.41) is 11.1. The fraction of sp³-hybridized carbons (Fsp3) is 0.263. The molecule has 1 saturated heterocycles. The number of piperazine rings is 1. The van der Waals surface area contributed by atoms with Crippen molar-refractivity contribution in [3.8, 4) is 0 Å². The number of pyridine rings is 1. The lowest BCUT2D eigenvalue weighted by Gasteiger charge is -2.35. The Bertz CT molecular complexity index is 859. The first-order valence-electron chi connectivity index (χ1n) is 8.85. The lowest BCUT2D eigenvalue weighted by Crippen LogP contribution is -2.47. The zero-order valence-electron chi connectivity index (χ0n) is 14.8. The van der Waals surface area contributed by atoms with Crippen molar-refractivity contribution >= 4 is 17.5 Å². The molecule has 1 N–H and O–H groups in total. The largest absolute Gasteiger partial charge is 0.467 e. The van der Waals surface area contributed by atoms with Crippen LogP contribution in [0, 0.1) is 0 Å². The number of amides is 1. The van der Waals surface area contributed by atoms with Crippen LogP contribution in [0.4, 0.5) is 11.6 Å². The van der Waals surface area contributed by atoms with Crippen LogP contribution < -0.4 is 15.1 Å². The molecule has 0 atom stereocenters. The van der Waals surface area contributed by atoms with Gasteiger partial charge in [-0.25, -0.2) is 4.98 Å². The van der Waals surface area contributed by atoms with Gasteiger partial charge in [-0.1, -0.05) is 6.07 Å². The van der Waals surface area contributed by atoms with E-state index < -0.39 is 0 Å². The summed E-state index contributed by atoms with van der Waals surface area (Å²) < 4.78 is 5.19. The average Bonchev–Trinajstić information content (AvgIpc) is 3.27. The second kappa shape index (κ2) is 7.86. The Kier molecular flexibility index (Phi) is 4.95. The Morgan fingerprint density at radius 2 is 1.78 bits per heavy atom. The molecule has 0 spiro atoms. The smallest absolute Gasteiger partial charge is 0.272 e. The molecule has 0 aromatic carbocycles. The van der Waals surface area contributed by atoms with Crippen molar-refractivity contribution in [2.75, 3.05) is 36.0 Å². The monoisotopic (exact) mass is 364 g/mol. The number of nitrogens with zero attached hydrogens (tertiary/aromatic N) is 5. The molecule has 3 aromatic rings. The molecule has 27 heavy (non-hydrogen) atoms. The Labute approximate surface area is 156 Å². The van der Waals surface area contributed by atoms with Gasteiger partial charge >= 0.3 is 0 Å². The SMILES string of the molecule is O=C(NCc1ccco1)c1ccc(N2CCN(c3ccccn3)CC2)nn1. The van der Waals surface area contributed by atoms with Crippen molar-refractivity contribution in [1.82, 2.24) is 20.5 Å². The van der Waals surface area contributed by atoms with Gasteiger partial charge in [0.1, 0.15) is 11.6 Å². The van der Waals surface area contributed by atoms with Crippen LogP contribution in [0.2, 0.25) is 0 Å². The van der Waals surface area contributed by atoms with Crippen LogP contribution >= 0.6 is 0 Å². The second-order valence-electron chi connectivity index (χ2n) is 6.20. The molecule has 0 radical (unpaired) electrons. The molecule has 4 heterocycles. The summed E-state index contributed by atoms with van der Waals surface area (Å²) in [6, 6.07) is 13.1. The van der Waals surface area contributed by atoms with E-state index in [2.05, 4.69) is 30.3 Å². The van der Waals surface area contributed by atoms with Crippen molar-refractivity contribution in [3.63, 3.8) is 0 Å². The summed E-state index contributed by atoms with van der Waals surface area (Å²) in [6.07, 6.45) is 3.38. The van der Waals surface area contributed by atoms with Crippen molar-refractivity contribution in [1.29, 1.82) is 0 Å². The van der Waals surface area contributed by atoms with Gasteiger partial charge in [0, 0.05) is 32.4 Å². The highest BCUT2D eigenvalue weighted by molar-refractivity contribution is 5.92. The Hall–Kier alpha value is -3.42. The van der Waals surface area contributed by atoms with Crippen LogP contribution in [0.1, 0.15) is 16.2 Å². The van der Waals surface area contributed by atoms with Gasteiger partial charge in [0.15, 0.2) is 11.5 Å². The molecule has 1 aliphatic rings. The Morgan fingerprint density at radius 3 is 2.41 bits per heavy atom. The number of nitrogens with one attached hydrogen (secondary N) is 1. The van der Waals surface area contributed by atoms with Gasteiger partial charge in [0.2, 0.25) is 0 Å². The number of hydrogen-bond donors (Lipinski definition) is 1. The number of rotatable bonds is 5. The minimum absolute atomic E-state index is 0.273. The van der Waals surface area contributed by atoms with Gasteiger partial charge in [0.25, 0.3) is 5.91 Å². The average molecular weight is 364 g/mol. The number of anilines is 2. The molecule has 1 aliphatic heterocycles. The first-order valence-corrected chi connectivity index (χ1v) is 8.85. The number of carbonyl (C=O) groups excluding carboxylic acids is 1. The molecular weight excluding hydrogens is 344 g/mol. The van der Waals surface area contributed by atoms with Crippen molar-refractivity contribution in [2.45, 2.75) is 6.54 Å². The fourth-order valence-electron chi connectivity index (χ4n) is 2.99. The van der Waals surface area contributed by atoms with E-state index in [0.29, 0.717) is 12.3 Å². The molecule has 4 rings (SSSR count). The van der Waals surface area contributed by atoms with E-state index in [-0.39, 0.29) is 11.6 Å². The third kappa shape index (κ3) is 4.05. The molecule has 0 unspecified atom stereocenters. The lowest BCUT2D eigenvalue weighted by molar-refractivity contribution is 0.0942. The predicted octanol–water partition coefficient (Wildman–Crippen LogP) is 1.72. The maximum absolute atomic E-state index is 12.1. The predicted molar refractivity (Wildman–Crippen MR) is 101 cm³/mol. The molecule has 1 fully saturated rings. The van der Waals surface area contributed by atoms with Crippen molar-refractivity contribution in [2.24, 2.45) is 0 Å². The van der Waals surface area contributed by atoms with Gasteiger partial charge in [0.05, 0.1) is 12.8 Å². The van der Waals surface area contributed by atoms with Crippen LogP contribution in [0.3, 0.4) is 0 Å². The van der Waals surface area contributed by atoms with Gasteiger partial charge in [-0.05, 0) is 36.4 Å². The highest BCUT2D eigenvalue weighted by Crippen LogP contribution is 2.16. The van der Waals surface area contributed by atoms with Crippen LogP contribution in [0.5, 0.6) is 0 Å². The van der Waals surface area contributed by atoms with Gasteiger partial charge in [-0.2, -0.15) is 0 Å². The molecule has 0 saturated carbocycles. The maximum Gasteiger partial charge on any atom is 0.272 e. The van der Waals surface area contributed by atoms with E-state index in [1.54, 1.807) is 24.5 Å². The quantitative estimate of drug-likeness (QED) is 0.737. The van der Waals surface area contributed by atoms with Crippen LogP contribution in [0.25, 0.3) is 0 Å². The van der Waals surface area contributed by atoms with E-state index in [9.17, 15) is 4.79 Å². The van der Waals surface area contributed by atoms with Gasteiger partial charge < -0.3 is 19.5 Å². The Balaban J connectivity index is 1.32. The number of aromatic nitrogens is 3. The minimum Gasteiger partial charge on any atom is -0.467 e. The molecule has 8 heteroatoms. The Morgan fingerprint density at radius 1 is 0.963 bits per heavy atom. The summed E-state index contributed by atoms with van der Waals surface area (Å²) >= 11 is 0. The molecule has 8 nitrogen and oxygen atoms in total. The third-order valence-electron chi connectivity index (χ3n) is 4.46. The van der Waals surface area contributed by atoms with E-state index in [0.717, 1.165) is 37.8 Å². The molecule has 0 aliphatic carbocycles. The number of furan rings is 1. The summed E-state index contributed by atoms with van der Waals surface area (Å²) in [6.45, 7) is 3.71. The molecule has 1 amide bonds. The zero-order chi connectivity index (χ0) is 18.5. The zero-order valence-corrected chi connectivity index (χ0v) is 14.8. The summed E-state index contributed by atoms with van der Waals surface area (Å²) in [7, 11) is 0. The normalized spacial score (nSPS) is 14.2. The third-order valence-corrected chi connectivity index (χ3v) is 4.46. The summed E-state index contributed by atoms with van der Waals surface area (Å²) in [5.74, 6) is 2.19. The first kappa shape index (κ1) is 17.0. The van der Waals surface area contributed by atoms with Gasteiger partial charge in [-0.3, -0.25) is 4.79 Å². The lowest BCUT2D eigenvalue weighted by atomic mass is 10.3. The number of hydrogen-bond acceptors (Lipinski definition) is 7. The van der Waals surface area contributed by atoms with E-state index in [4.69, 9.17) is 4.42 Å². The fourth-order valence-corrected chi connectivity index (χ4v) is 2.99. The van der Waals surface area contributed by atoms with Crippen molar-refractivity contribution < 1.29 is 9.21 Å². The molecule has 138 valence electrons. The second-order valence-corrected chi connectivity index (χ2v) is 6.20. The number of carbonyl (C=O) groups is 1. The maximum atomic E-state index is 12.1. The summed E-state index contributed by atoms with van der Waals surface area (Å²) in [5.41, 5.74) is 0.289. The highest BCUT2D eigenvalue weighted by Gasteiger charge is 2.19. The van der Waals surface area contributed by atoms with E-state index >= 15 is 0 Å². The molecule has 0 bridgehead atoms. The minimum atomic E-state index is -0.273. The van der Waals surface area contributed by atoms with E-state index in [1.807, 2.05) is 30.5 Å². The first-order chi connectivity index (χ1) is 13.3. The molecule has 3 aromatic heterocycles. The van der Waals surface area contributed by atoms with Crippen LogP contribution in [-0.2, 0) is 6.54 Å².